The maximum Gasteiger partial charge on any atom is 0.241 e. The molecule has 1 aromatic heterocycles. The summed E-state index contributed by atoms with van der Waals surface area (Å²) < 4.78 is 40.4. The maximum atomic E-state index is 14.5. The summed E-state index contributed by atoms with van der Waals surface area (Å²) in [6.07, 6.45) is 0.699. The molecule has 0 unspecified atom stereocenters. The van der Waals surface area contributed by atoms with Gasteiger partial charge in [0, 0.05) is 43.4 Å². The zero-order valence-electron chi connectivity index (χ0n) is 20.4. The lowest BCUT2D eigenvalue weighted by Crippen LogP contribution is -2.40. The van der Waals surface area contributed by atoms with E-state index in [-0.39, 0.29) is 23.8 Å². The van der Waals surface area contributed by atoms with Crippen LogP contribution in [0, 0.1) is 11.6 Å². The van der Waals surface area contributed by atoms with E-state index in [9.17, 15) is 13.6 Å². The number of fused-ring (bicyclic) bond motifs is 3. The maximum absolute atomic E-state index is 14.5. The number of ether oxygens (including phenoxy) is 2. The van der Waals surface area contributed by atoms with Crippen LogP contribution < -0.4 is 9.64 Å². The van der Waals surface area contributed by atoms with Crippen LogP contribution in [0.3, 0.4) is 0 Å². The zero-order valence-corrected chi connectivity index (χ0v) is 22.1. The van der Waals surface area contributed by atoms with E-state index in [4.69, 9.17) is 9.47 Å². The Labute approximate surface area is 229 Å². The largest absolute Gasteiger partial charge is 0.457 e. The van der Waals surface area contributed by atoms with Crippen molar-refractivity contribution >= 4 is 45.0 Å². The summed E-state index contributed by atoms with van der Waals surface area (Å²) in [5.41, 5.74) is 1.60. The average molecular weight is 558 g/mol. The van der Waals surface area contributed by atoms with Crippen LogP contribution in [0.2, 0.25) is 0 Å². The van der Waals surface area contributed by atoms with Gasteiger partial charge in [0.15, 0.2) is 10.9 Å². The van der Waals surface area contributed by atoms with E-state index >= 15 is 0 Å². The lowest BCUT2D eigenvalue weighted by molar-refractivity contribution is -0.119. The highest BCUT2D eigenvalue weighted by molar-refractivity contribution is 7.22. The van der Waals surface area contributed by atoms with Crippen molar-refractivity contribution in [1.82, 2.24) is 9.88 Å². The number of halogens is 3. The number of para-hydroxylation sites is 2. The molecule has 3 aromatic carbocycles. The summed E-state index contributed by atoms with van der Waals surface area (Å²) >= 11 is 1.12. The summed E-state index contributed by atoms with van der Waals surface area (Å²) in [4.78, 5) is 22.8. The van der Waals surface area contributed by atoms with Gasteiger partial charge in [0.05, 0.1) is 23.8 Å². The number of benzene rings is 3. The predicted molar refractivity (Wildman–Crippen MR) is 146 cm³/mol. The summed E-state index contributed by atoms with van der Waals surface area (Å²) in [7, 11) is 0. The topological polar surface area (TPSA) is 54.9 Å². The van der Waals surface area contributed by atoms with Gasteiger partial charge in [0.1, 0.15) is 22.8 Å². The highest BCUT2D eigenvalue weighted by Gasteiger charge is 2.36. The normalized spacial score (nSPS) is 15.3. The van der Waals surface area contributed by atoms with Gasteiger partial charge in [-0.3, -0.25) is 14.6 Å². The molecule has 38 heavy (non-hydrogen) atoms. The van der Waals surface area contributed by atoms with Crippen LogP contribution in [0.4, 0.5) is 13.9 Å². The van der Waals surface area contributed by atoms with Crippen molar-refractivity contribution in [2.75, 3.05) is 44.3 Å². The molecule has 1 fully saturated rings. The molecule has 2 aliphatic heterocycles. The fourth-order valence-corrected chi connectivity index (χ4v) is 6.01. The number of carbonyl (C=O) groups is 1. The number of hydrogen-bond acceptors (Lipinski definition) is 6. The minimum Gasteiger partial charge on any atom is -0.457 e. The van der Waals surface area contributed by atoms with E-state index < -0.39 is 17.6 Å². The minimum absolute atomic E-state index is 0. The lowest BCUT2D eigenvalue weighted by atomic mass is 9.87. The van der Waals surface area contributed by atoms with E-state index in [0.29, 0.717) is 47.5 Å². The number of thiazole rings is 1. The summed E-state index contributed by atoms with van der Waals surface area (Å²) in [6, 6.07) is 17.1. The van der Waals surface area contributed by atoms with Crippen LogP contribution in [0.15, 0.2) is 60.7 Å². The number of anilines is 1. The van der Waals surface area contributed by atoms with Crippen molar-refractivity contribution < 1.29 is 23.0 Å². The smallest absolute Gasteiger partial charge is 0.241 e. The number of amides is 1. The first-order valence-corrected chi connectivity index (χ1v) is 13.1. The Morgan fingerprint density at radius 1 is 1.03 bits per heavy atom. The van der Waals surface area contributed by atoms with Gasteiger partial charge in [-0.25, -0.2) is 13.8 Å². The average Bonchev–Trinajstić information content (AvgIpc) is 3.34. The Morgan fingerprint density at radius 3 is 2.37 bits per heavy atom. The van der Waals surface area contributed by atoms with Crippen LogP contribution in [0.5, 0.6) is 11.5 Å². The third kappa shape index (κ3) is 5.11. The van der Waals surface area contributed by atoms with Crippen LogP contribution in [-0.2, 0) is 9.53 Å². The van der Waals surface area contributed by atoms with E-state index in [1.807, 2.05) is 48.5 Å². The molecule has 6 rings (SSSR count). The molecule has 6 nitrogen and oxygen atoms in total. The second kappa shape index (κ2) is 11.3. The molecule has 10 heteroatoms. The van der Waals surface area contributed by atoms with Crippen molar-refractivity contribution in [3.8, 4) is 11.5 Å². The number of morpholine rings is 1. The number of nitrogens with zero attached hydrogens (tertiary/aromatic N) is 3. The minimum atomic E-state index is -0.736. The van der Waals surface area contributed by atoms with Gasteiger partial charge in [0.25, 0.3) is 0 Å². The fourth-order valence-electron chi connectivity index (χ4n) is 4.97. The van der Waals surface area contributed by atoms with Gasteiger partial charge < -0.3 is 9.47 Å². The van der Waals surface area contributed by atoms with E-state index in [0.717, 1.165) is 48.2 Å². The fraction of sp³-hybridized carbons (Fsp3) is 0.286. The van der Waals surface area contributed by atoms with Crippen LogP contribution in [-0.4, -0.2) is 55.2 Å². The highest BCUT2D eigenvalue weighted by Crippen LogP contribution is 2.45. The molecule has 1 saturated heterocycles. The first-order valence-electron chi connectivity index (χ1n) is 12.3. The second-order valence-electron chi connectivity index (χ2n) is 9.14. The number of rotatable bonds is 6. The van der Waals surface area contributed by atoms with Crippen LogP contribution in [0.25, 0.3) is 10.2 Å². The van der Waals surface area contributed by atoms with Gasteiger partial charge in [-0.05, 0) is 24.6 Å². The Balaban J connectivity index is 0.00000294. The van der Waals surface area contributed by atoms with Gasteiger partial charge in [0.2, 0.25) is 5.91 Å². The lowest BCUT2D eigenvalue weighted by Gasteiger charge is -2.32. The van der Waals surface area contributed by atoms with Crippen LogP contribution >= 0.6 is 23.7 Å². The van der Waals surface area contributed by atoms with Gasteiger partial charge in [-0.2, -0.15) is 0 Å². The van der Waals surface area contributed by atoms with Gasteiger partial charge >= 0.3 is 0 Å². The van der Waals surface area contributed by atoms with Crippen molar-refractivity contribution in [1.29, 1.82) is 0 Å². The first-order chi connectivity index (χ1) is 18.1. The molecular formula is C28H26ClF2N3O3S. The van der Waals surface area contributed by atoms with Gasteiger partial charge in [-0.1, -0.05) is 47.7 Å². The Bertz CT molecular complexity index is 1420. The molecule has 198 valence electrons. The third-order valence-electron chi connectivity index (χ3n) is 6.79. The third-order valence-corrected chi connectivity index (χ3v) is 7.81. The summed E-state index contributed by atoms with van der Waals surface area (Å²) in [5, 5.41) is 0.355. The molecule has 2 aliphatic rings. The predicted octanol–water partition coefficient (Wildman–Crippen LogP) is 5.99. The van der Waals surface area contributed by atoms with E-state index in [2.05, 4.69) is 9.88 Å². The van der Waals surface area contributed by atoms with Crippen LogP contribution in [0.1, 0.15) is 23.5 Å². The molecule has 0 radical (unpaired) electrons. The molecule has 0 spiro atoms. The molecule has 0 aliphatic carbocycles. The quantitative estimate of drug-likeness (QED) is 0.291. The summed E-state index contributed by atoms with van der Waals surface area (Å²) in [5.74, 6) is -0.934. The molecule has 1 amide bonds. The van der Waals surface area contributed by atoms with Crippen molar-refractivity contribution in [2.24, 2.45) is 0 Å². The molecular weight excluding hydrogens is 532 g/mol. The Kier molecular flexibility index (Phi) is 7.90. The first kappa shape index (κ1) is 26.5. The molecule has 3 heterocycles. The SMILES string of the molecule is Cl.O=C(C1c2ccccc2Oc2ccccc21)N(CCCN1CCOCC1)c1nc2c(F)cc(F)cc2s1. The zero-order chi connectivity index (χ0) is 25.4. The second-order valence-corrected chi connectivity index (χ2v) is 10.1. The highest BCUT2D eigenvalue weighted by atomic mass is 35.5. The van der Waals surface area contributed by atoms with Crippen molar-refractivity contribution in [3.05, 3.63) is 83.4 Å². The molecule has 0 N–H and O–H groups in total. The molecule has 0 atom stereocenters. The van der Waals surface area contributed by atoms with E-state index in [1.165, 1.54) is 6.07 Å². The molecule has 0 saturated carbocycles. The number of aromatic nitrogens is 1. The van der Waals surface area contributed by atoms with Gasteiger partial charge in [-0.15, -0.1) is 12.4 Å². The van der Waals surface area contributed by atoms with E-state index in [1.54, 1.807) is 4.90 Å². The van der Waals surface area contributed by atoms with Crippen molar-refractivity contribution in [2.45, 2.75) is 12.3 Å². The standard InChI is InChI=1S/C28H25F2N3O3S.ClH/c29-18-16-21(30)26-24(17-18)37-28(31-26)33(11-5-10-32-12-14-35-15-13-32)27(34)25-19-6-1-3-8-22(19)36-23-9-4-2-7-20(23)25;/h1-4,6-9,16-17,25H,5,10-15H2;1H. The monoisotopic (exact) mass is 557 g/mol. The number of carbonyl (C=O) groups excluding carboxylic acids is 1. The van der Waals surface area contributed by atoms with Crippen molar-refractivity contribution in [3.63, 3.8) is 0 Å². The summed E-state index contributed by atoms with van der Waals surface area (Å²) in [6.45, 7) is 4.27. The Morgan fingerprint density at radius 2 is 1.68 bits per heavy atom. The molecule has 0 bridgehead atoms. The number of hydrogen-bond donors (Lipinski definition) is 0. The Hall–Kier alpha value is -3.11. The molecule has 4 aromatic rings.